The Bertz CT molecular complexity index is 1350. The monoisotopic (exact) mass is 564 g/mol. The van der Waals surface area contributed by atoms with Crippen LogP contribution in [0.4, 0.5) is 16.0 Å². The van der Waals surface area contributed by atoms with E-state index in [-0.39, 0.29) is 18.3 Å². The van der Waals surface area contributed by atoms with Crippen molar-refractivity contribution in [3.63, 3.8) is 0 Å². The fourth-order valence-electron chi connectivity index (χ4n) is 4.66. The van der Waals surface area contributed by atoms with Gasteiger partial charge >= 0.3 is 0 Å². The number of piperidine rings is 1. The zero-order chi connectivity index (χ0) is 26.9. The maximum Gasteiger partial charge on any atom is 0.274 e. The van der Waals surface area contributed by atoms with Gasteiger partial charge in [-0.25, -0.2) is 27.8 Å². The molecule has 0 saturated carbocycles. The topological polar surface area (TPSA) is 112 Å². The summed E-state index contributed by atoms with van der Waals surface area (Å²) in [6.45, 7) is 6.75. The second kappa shape index (κ2) is 10.9. The molecule has 206 valence electrons. The number of hydrogen-bond donors (Lipinski definition) is 1. The molecule has 2 aliphatic rings. The molecule has 0 bridgehead atoms. The van der Waals surface area contributed by atoms with E-state index in [9.17, 15) is 17.9 Å². The molecule has 2 aromatic heterocycles. The first-order chi connectivity index (χ1) is 18.1. The van der Waals surface area contributed by atoms with Crippen LogP contribution in [0.5, 0.6) is 5.19 Å². The lowest BCUT2D eigenvalue weighted by atomic mass is 10.1. The van der Waals surface area contributed by atoms with Crippen LogP contribution in [-0.2, 0) is 10.0 Å². The number of halogens is 1. The third-order valence-electron chi connectivity index (χ3n) is 6.92. The number of anilines is 2. The maximum absolute atomic E-state index is 13.1. The Hall–Kier alpha value is -2.61. The molecule has 10 nitrogen and oxygen atoms in total. The molecule has 4 heterocycles. The zero-order valence-electron chi connectivity index (χ0n) is 21.6. The number of fused-ring (bicyclic) bond motifs is 1. The molecule has 1 N–H and O–H groups in total. The predicted molar refractivity (Wildman–Crippen MR) is 146 cm³/mol. The molecule has 0 aliphatic carbocycles. The number of nitrogens with zero attached hydrogens (tertiary/aromatic N) is 6. The van der Waals surface area contributed by atoms with Crippen LogP contribution in [0, 0.1) is 5.82 Å². The van der Waals surface area contributed by atoms with Gasteiger partial charge in [0.25, 0.3) is 5.19 Å². The average Bonchev–Trinajstić information content (AvgIpc) is 3.30. The summed E-state index contributed by atoms with van der Waals surface area (Å²) >= 11 is 1.51. The quantitative estimate of drug-likeness (QED) is 0.441. The zero-order valence-corrected chi connectivity index (χ0v) is 23.2. The van der Waals surface area contributed by atoms with Gasteiger partial charge < -0.3 is 19.6 Å². The van der Waals surface area contributed by atoms with Crippen molar-refractivity contribution in [2.75, 3.05) is 54.8 Å². The van der Waals surface area contributed by atoms with Crippen molar-refractivity contribution in [3.05, 3.63) is 36.4 Å². The normalized spacial score (nSPS) is 18.3. The number of sulfonamides is 1. The van der Waals surface area contributed by atoms with Gasteiger partial charge in [-0.15, -0.1) is 0 Å². The van der Waals surface area contributed by atoms with Gasteiger partial charge in [0.05, 0.1) is 34.0 Å². The largest absolute Gasteiger partial charge is 0.467 e. The maximum atomic E-state index is 13.1. The van der Waals surface area contributed by atoms with Gasteiger partial charge in [0.1, 0.15) is 6.10 Å². The lowest BCUT2D eigenvalue weighted by molar-refractivity contribution is 0.0768. The highest BCUT2D eigenvalue weighted by Gasteiger charge is 2.29. The molecule has 0 radical (unpaired) electrons. The lowest BCUT2D eigenvalue weighted by Crippen LogP contribution is -2.49. The molecule has 1 aromatic carbocycles. The van der Waals surface area contributed by atoms with Crippen LogP contribution in [0.1, 0.15) is 33.1 Å². The third kappa shape index (κ3) is 6.50. The Morgan fingerprint density at radius 1 is 1.08 bits per heavy atom. The summed E-state index contributed by atoms with van der Waals surface area (Å²) in [5.74, 6) is 0.0371. The van der Waals surface area contributed by atoms with E-state index in [1.807, 2.05) is 17.0 Å². The molecule has 5 rings (SSSR count). The molecule has 2 fully saturated rings. The first-order valence-corrected chi connectivity index (χ1v) is 15.2. The number of hydrogen-bond acceptors (Lipinski definition) is 10. The van der Waals surface area contributed by atoms with Gasteiger partial charge in [0.2, 0.25) is 16.0 Å². The molecule has 0 unspecified atom stereocenters. The Kier molecular flexibility index (Phi) is 7.72. The van der Waals surface area contributed by atoms with Crippen molar-refractivity contribution < 1.29 is 22.7 Å². The number of rotatable bonds is 8. The average molecular weight is 565 g/mol. The number of aliphatic hydroxyl groups is 1. The van der Waals surface area contributed by atoms with Gasteiger partial charge in [-0.2, -0.15) is 4.31 Å². The van der Waals surface area contributed by atoms with Crippen molar-refractivity contribution in [2.24, 2.45) is 0 Å². The van der Waals surface area contributed by atoms with Crippen molar-refractivity contribution in [1.29, 1.82) is 0 Å². The van der Waals surface area contributed by atoms with E-state index in [1.54, 1.807) is 13.8 Å². The minimum atomic E-state index is -3.39. The lowest BCUT2D eigenvalue weighted by Gasteiger charge is -2.35. The highest BCUT2D eigenvalue weighted by molar-refractivity contribution is 7.89. The van der Waals surface area contributed by atoms with Gasteiger partial charge in [-0.3, -0.25) is 0 Å². The van der Waals surface area contributed by atoms with Crippen LogP contribution in [0.3, 0.4) is 0 Å². The summed E-state index contributed by atoms with van der Waals surface area (Å²) in [4.78, 5) is 17.0. The first kappa shape index (κ1) is 27.0. The fraction of sp³-hybridized carbons (Fsp3) is 0.560. The number of thiazole rings is 1. The van der Waals surface area contributed by atoms with Crippen LogP contribution in [-0.4, -0.2) is 89.5 Å². The standard InChI is InChI=1S/C25H33FN6O4S2/c1-25(2,33)7-14-38(34,35)32-12-10-30(11-13-32)19-3-4-21-22(15-19)37-24(29-21)36-20-5-8-31(9-6-20)23-27-16-18(26)17-28-23/h3-4,15-17,20,33H,5-14H2,1-2H3. The predicted octanol–water partition coefficient (Wildman–Crippen LogP) is 2.89. The Labute approximate surface area is 226 Å². The summed E-state index contributed by atoms with van der Waals surface area (Å²) in [6, 6.07) is 6.09. The molecule has 0 amide bonds. The molecule has 3 aromatic rings. The Morgan fingerprint density at radius 3 is 2.42 bits per heavy atom. The van der Waals surface area contributed by atoms with E-state index in [0.29, 0.717) is 37.3 Å². The van der Waals surface area contributed by atoms with Crippen LogP contribution >= 0.6 is 11.3 Å². The molecule has 38 heavy (non-hydrogen) atoms. The van der Waals surface area contributed by atoms with Crippen LogP contribution in [0.15, 0.2) is 30.6 Å². The summed E-state index contributed by atoms with van der Waals surface area (Å²) in [7, 11) is -3.39. The second-order valence-electron chi connectivity index (χ2n) is 10.4. The van der Waals surface area contributed by atoms with Gasteiger partial charge in [-0.05, 0) is 38.5 Å². The van der Waals surface area contributed by atoms with Crippen molar-refractivity contribution in [1.82, 2.24) is 19.3 Å². The van der Waals surface area contributed by atoms with Crippen LogP contribution in [0.2, 0.25) is 0 Å². The van der Waals surface area contributed by atoms with E-state index in [2.05, 4.69) is 25.9 Å². The van der Waals surface area contributed by atoms with E-state index in [1.165, 1.54) is 28.0 Å². The van der Waals surface area contributed by atoms with Gasteiger partial charge in [-0.1, -0.05) is 11.3 Å². The molecule has 13 heteroatoms. The summed E-state index contributed by atoms with van der Waals surface area (Å²) in [5, 5.41) is 10.5. The van der Waals surface area contributed by atoms with Crippen molar-refractivity contribution >= 4 is 43.2 Å². The van der Waals surface area contributed by atoms with E-state index in [0.717, 1.165) is 41.8 Å². The minimum Gasteiger partial charge on any atom is -0.467 e. The number of aromatic nitrogens is 3. The van der Waals surface area contributed by atoms with Crippen molar-refractivity contribution in [2.45, 2.75) is 44.8 Å². The number of piperazine rings is 1. The minimum absolute atomic E-state index is 0.0400. The highest BCUT2D eigenvalue weighted by Crippen LogP contribution is 2.33. The van der Waals surface area contributed by atoms with Gasteiger partial charge in [0.15, 0.2) is 5.82 Å². The van der Waals surface area contributed by atoms with Gasteiger partial charge in [0, 0.05) is 57.8 Å². The second-order valence-corrected chi connectivity index (χ2v) is 13.5. The summed E-state index contributed by atoms with van der Waals surface area (Å²) < 4.78 is 47.2. The molecular weight excluding hydrogens is 531 g/mol. The van der Waals surface area contributed by atoms with E-state index in [4.69, 9.17) is 4.74 Å². The molecule has 0 atom stereocenters. The highest BCUT2D eigenvalue weighted by atomic mass is 32.2. The summed E-state index contributed by atoms with van der Waals surface area (Å²) in [5.41, 5.74) is 0.908. The molecule has 2 aliphatic heterocycles. The first-order valence-electron chi connectivity index (χ1n) is 12.8. The molecule has 0 spiro atoms. The summed E-state index contributed by atoms with van der Waals surface area (Å²) in [6.07, 6.45) is 4.21. The molecule has 2 saturated heterocycles. The Balaban J connectivity index is 1.15. The van der Waals surface area contributed by atoms with E-state index < -0.39 is 21.4 Å². The van der Waals surface area contributed by atoms with E-state index >= 15 is 0 Å². The third-order valence-corrected chi connectivity index (χ3v) is 9.70. The van der Waals surface area contributed by atoms with Crippen molar-refractivity contribution in [3.8, 4) is 5.19 Å². The fourth-order valence-corrected chi connectivity index (χ4v) is 7.31. The number of benzene rings is 1. The molecular formula is C25H33FN6O4S2. The smallest absolute Gasteiger partial charge is 0.274 e. The number of ether oxygens (including phenoxy) is 1. The SMILES string of the molecule is CC(C)(O)CCS(=O)(=O)N1CCN(c2ccc3nc(OC4CCN(c5ncc(F)cn5)CC4)sc3c2)CC1. The van der Waals surface area contributed by atoms with Crippen LogP contribution in [0.25, 0.3) is 10.2 Å². The Morgan fingerprint density at radius 2 is 1.76 bits per heavy atom. The van der Waals surface area contributed by atoms with Crippen LogP contribution < -0.4 is 14.5 Å².